The number of hydrogen-bond acceptors (Lipinski definition) is 4. The number of nitrogens with zero attached hydrogens (tertiary/aromatic N) is 1. The van der Waals surface area contributed by atoms with Gasteiger partial charge in [0.15, 0.2) is 0 Å². The summed E-state index contributed by atoms with van der Waals surface area (Å²) in [6.45, 7) is 6.93. The highest BCUT2D eigenvalue weighted by Crippen LogP contribution is 2.22. The molecule has 6 nitrogen and oxygen atoms in total. The van der Waals surface area contributed by atoms with E-state index >= 15 is 0 Å². The van der Waals surface area contributed by atoms with Gasteiger partial charge in [-0.25, -0.2) is 0 Å². The van der Waals surface area contributed by atoms with Crippen LogP contribution in [0.3, 0.4) is 0 Å². The summed E-state index contributed by atoms with van der Waals surface area (Å²) in [7, 11) is 0. The molecule has 0 saturated carbocycles. The van der Waals surface area contributed by atoms with Crippen LogP contribution in [-0.2, 0) is 9.59 Å². The average Bonchev–Trinajstić information content (AvgIpc) is 3.13. The molecular weight excluding hydrogens is 338 g/mol. The van der Waals surface area contributed by atoms with Crippen molar-refractivity contribution in [3.05, 3.63) is 22.4 Å². The first-order valence-corrected chi connectivity index (χ1v) is 9.72. The molecule has 0 radical (unpaired) electrons. The Labute approximate surface area is 153 Å². The standard InChI is InChI=1S/C18H27N3O3S/c1-4-15(22)21-9-7-13(8-10-21)16(18(24)19-12(2)3)20-17(23)14-6-5-11-25-14/h5-6,11-13,16H,4,7-10H2,1-3H3,(H,19,24)(H,20,23). The van der Waals surface area contributed by atoms with Crippen molar-refractivity contribution in [2.75, 3.05) is 13.1 Å². The van der Waals surface area contributed by atoms with Crippen molar-refractivity contribution in [1.82, 2.24) is 15.5 Å². The Morgan fingerprint density at radius 2 is 1.92 bits per heavy atom. The molecule has 0 aliphatic carbocycles. The topological polar surface area (TPSA) is 78.5 Å². The minimum atomic E-state index is -0.573. The van der Waals surface area contributed by atoms with Gasteiger partial charge in [-0.2, -0.15) is 0 Å². The lowest BCUT2D eigenvalue weighted by Gasteiger charge is -2.36. The Morgan fingerprint density at radius 3 is 2.44 bits per heavy atom. The molecule has 138 valence electrons. The second-order valence-electron chi connectivity index (χ2n) is 6.66. The molecule has 1 unspecified atom stereocenters. The summed E-state index contributed by atoms with van der Waals surface area (Å²) in [6, 6.07) is 3.00. The molecule has 0 bridgehead atoms. The maximum Gasteiger partial charge on any atom is 0.262 e. The number of hydrogen-bond donors (Lipinski definition) is 2. The van der Waals surface area contributed by atoms with E-state index in [1.165, 1.54) is 11.3 Å². The largest absolute Gasteiger partial charge is 0.352 e. The van der Waals surface area contributed by atoms with E-state index in [9.17, 15) is 14.4 Å². The van der Waals surface area contributed by atoms with Crippen molar-refractivity contribution >= 4 is 29.1 Å². The number of nitrogens with one attached hydrogen (secondary N) is 2. The molecule has 0 aromatic carbocycles. The maximum atomic E-state index is 12.6. The van der Waals surface area contributed by atoms with Crippen molar-refractivity contribution in [1.29, 1.82) is 0 Å². The van der Waals surface area contributed by atoms with Crippen LogP contribution in [0.25, 0.3) is 0 Å². The fraction of sp³-hybridized carbons (Fsp3) is 0.611. The van der Waals surface area contributed by atoms with Gasteiger partial charge in [0.2, 0.25) is 11.8 Å². The fourth-order valence-electron chi connectivity index (χ4n) is 3.10. The predicted octanol–water partition coefficient (Wildman–Crippen LogP) is 2.02. The Bertz CT molecular complexity index is 593. The van der Waals surface area contributed by atoms with Crippen LogP contribution in [0.4, 0.5) is 0 Å². The monoisotopic (exact) mass is 365 g/mol. The van der Waals surface area contributed by atoms with E-state index in [2.05, 4.69) is 10.6 Å². The van der Waals surface area contributed by atoms with Crippen molar-refractivity contribution < 1.29 is 14.4 Å². The first-order chi connectivity index (χ1) is 11.9. The number of piperidine rings is 1. The first-order valence-electron chi connectivity index (χ1n) is 8.84. The highest BCUT2D eigenvalue weighted by molar-refractivity contribution is 7.12. The number of thiophene rings is 1. The van der Waals surface area contributed by atoms with Gasteiger partial charge in [-0.15, -0.1) is 11.3 Å². The third-order valence-electron chi connectivity index (χ3n) is 4.41. The average molecular weight is 365 g/mol. The summed E-state index contributed by atoms with van der Waals surface area (Å²) in [6.07, 6.45) is 1.93. The van der Waals surface area contributed by atoms with Crippen LogP contribution in [0.5, 0.6) is 0 Å². The van der Waals surface area contributed by atoms with E-state index in [1.807, 2.05) is 37.1 Å². The Hall–Kier alpha value is -1.89. The summed E-state index contributed by atoms with van der Waals surface area (Å²) >= 11 is 1.36. The van der Waals surface area contributed by atoms with Crippen LogP contribution in [0.2, 0.25) is 0 Å². The second kappa shape index (κ2) is 8.99. The van der Waals surface area contributed by atoms with E-state index in [-0.39, 0.29) is 29.7 Å². The quantitative estimate of drug-likeness (QED) is 0.809. The highest BCUT2D eigenvalue weighted by Gasteiger charge is 2.34. The molecule has 1 aliphatic rings. The molecule has 2 rings (SSSR count). The molecule has 2 N–H and O–H groups in total. The molecule has 1 fully saturated rings. The predicted molar refractivity (Wildman–Crippen MR) is 98.4 cm³/mol. The van der Waals surface area contributed by atoms with Gasteiger partial charge >= 0.3 is 0 Å². The van der Waals surface area contributed by atoms with E-state index in [1.54, 1.807) is 6.07 Å². The fourth-order valence-corrected chi connectivity index (χ4v) is 3.72. The molecular formula is C18H27N3O3S. The number of amides is 3. The van der Waals surface area contributed by atoms with Crippen LogP contribution in [0.15, 0.2) is 17.5 Å². The van der Waals surface area contributed by atoms with Crippen LogP contribution in [-0.4, -0.2) is 47.8 Å². The molecule has 7 heteroatoms. The zero-order valence-electron chi connectivity index (χ0n) is 15.1. The van der Waals surface area contributed by atoms with E-state index < -0.39 is 6.04 Å². The summed E-state index contributed by atoms with van der Waals surface area (Å²) < 4.78 is 0. The Balaban J connectivity index is 2.05. The van der Waals surface area contributed by atoms with E-state index in [0.29, 0.717) is 37.2 Å². The van der Waals surface area contributed by atoms with Gasteiger partial charge in [-0.3, -0.25) is 14.4 Å². The van der Waals surface area contributed by atoms with E-state index in [4.69, 9.17) is 0 Å². The molecule has 3 amide bonds. The smallest absolute Gasteiger partial charge is 0.262 e. The van der Waals surface area contributed by atoms with Crippen LogP contribution >= 0.6 is 11.3 Å². The number of likely N-dealkylation sites (tertiary alicyclic amines) is 1. The molecule has 0 spiro atoms. The van der Waals surface area contributed by atoms with Crippen molar-refractivity contribution in [3.63, 3.8) is 0 Å². The van der Waals surface area contributed by atoms with Gasteiger partial charge in [0.1, 0.15) is 6.04 Å². The van der Waals surface area contributed by atoms with Crippen LogP contribution in [0, 0.1) is 5.92 Å². The molecule has 1 aliphatic heterocycles. The highest BCUT2D eigenvalue weighted by atomic mass is 32.1. The molecule has 1 atom stereocenters. The second-order valence-corrected chi connectivity index (χ2v) is 7.61. The molecule has 1 aromatic rings. The van der Waals surface area contributed by atoms with E-state index in [0.717, 1.165) is 0 Å². The van der Waals surface area contributed by atoms with Gasteiger partial charge < -0.3 is 15.5 Å². The number of rotatable bonds is 6. The minimum Gasteiger partial charge on any atom is -0.352 e. The lowest BCUT2D eigenvalue weighted by atomic mass is 9.88. The van der Waals surface area contributed by atoms with Gasteiger partial charge in [-0.05, 0) is 44.1 Å². The number of carbonyl (C=O) groups excluding carboxylic acids is 3. The lowest BCUT2D eigenvalue weighted by Crippen LogP contribution is -2.54. The Morgan fingerprint density at radius 1 is 1.24 bits per heavy atom. The van der Waals surface area contributed by atoms with Gasteiger partial charge in [0, 0.05) is 25.6 Å². The summed E-state index contributed by atoms with van der Waals surface area (Å²) in [5.41, 5.74) is 0. The molecule has 2 heterocycles. The third kappa shape index (κ3) is 5.29. The van der Waals surface area contributed by atoms with Gasteiger partial charge in [0.05, 0.1) is 4.88 Å². The van der Waals surface area contributed by atoms with Crippen LogP contribution in [0.1, 0.15) is 49.7 Å². The van der Waals surface area contributed by atoms with Gasteiger partial charge in [0.25, 0.3) is 5.91 Å². The normalized spacial score (nSPS) is 16.6. The van der Waals surface area contributed by atoms with Crippen LogP contribution < -0.4 is 10.6 Å². The molecule has 1 saturated heterocycles. The number of carbonyl (C=O) groups is 3. The summed E-state index contributed by atoms with van der Waals surface area (Å²) in [5.74, 6) is -0.195. The third-order valence-corrected chi connectivity index (χ3v) is 5.28. The zero-order valence-corrected chi connectivity index (χ0v) is 15.9. The molecule has 1 aromatic heterocycles. The lowest BCUT2D eigenvalue weighted by molar-refractivity contribution is -0.132. The van der Waals surface area contributed by atoms with Gasteiger partial charge in [-0.1, -0.05) is 13.0 Å². The first kappa shape index (κ1) is 19.4. The summed E-state index contributed by atoms with van der Waals surface area (Å²) in [5, 5.41) is 7.65. The van der Waals surface area contributed by atoms with Crippen molar-refractivity contribution in [2.24, 2.45) is 5.92 Å². The summed E-state index contributed by atoms with van der Waals surface area (Å²) in [4.78, 5) is 39.3. The minimum absolute atomic E-state index is 0.00963. The zero-order chi connectivity index (χ0) is 18.4. The Kier molecular flexibility index (Phi) is 6.99. The SMILES string of the molecule is CCC(=O)N1CCC(C(NC(=O)c2cccs2)C(=O)NC(C)C)CC1. The maximum absolute atomic E-state index is 12.6. The van der Waals surface area contributed by atoms with Crippen molar-refractivity contribution in [2.45, 2.75) is 52.1 Å². The molecule has 25 heavy (non-hydrogen) atoms. The van der Waals surface area contributed by atoms with Crippen molar-refractivity contribution in [3.8, 4) is 0 Å².